The molecule has 8 atom stereocenters. The zero-order chi connectivity index (χ0) is 38.7. The summed E-state index contributed by atoms with van der Waals surface area (Å²) in [6.45, 7) is 3.41. The van der Waals surface area contributed by atoms with Crippen LogP contribution in [0.1, 0.15) is 174 Å². The second-order valence-electron chi connectivity index (χ2n) is 16.1. The van der Waals surface area contributed by atoms with Gasteiger partial charge in [0.05, 0.1) is 25.4 Å². The average Bonchev–Trinajstić information content (AvgIpc) is 3.14. The zero-order valence-corrected chi connectivity index (χ0v) is 33.1. The molecule has 7 N–H and O–H groups in total. The second kappa shape index (κ2) is 29.6. The van der Waals surface area contributed by atoms with Crippen LogP contribution < -0.4 is 10.6 Å². The van der Waals surface area contributed by atoms with Crippen LogP contribution in [0.25, 0.3) is 0 Å². The summed E-state index contributed by atoms with van der Waals surface area (Å²) in [5, 5.41) is 57.4. The number of piperidine rings is 1. The van der Waals surface area contributed by atoms with Crippen LogP contribution in [0, 0.1) is 5.92 Å². The summed E-state index contributed by atoms with van der Waals surface area (Å²) in [6, 6.07) is -2.96. The fourth-order valence-corrected chi connectivity index (χ4v) is 7.86. The molecule has 2 heterocycles. The molecule has 0 radical (unpaired) electrons. The van der Waals surface area contributed by atoms with Gasteiger partial charge in [-0.3, -0.25) is 5.32 Å². The Bertz CT molecular complexity index is 853. The van der Waals surface area contributed by atoms with Crippen LogP contribution in [0.5, 0.6) is 0 Å². The summed E-state index contributed by atoms with van der Waals surface area (Å²) < 4.78 is 54.0. The van der Waals surface area contributed by atoms with Crippen molar-refractivity contribution in [2.75, 3.05) is 26.3 Å². The maximum atomic E-state index is 14.3. The Morgan fingerprint density at radius 1 is 0.698 bits per heavy atom. The van der Waals surface area contributed by atoms with Gasteiger partial charge in [0.15, 0.2) is 6.29 Å². The molecule has 6 unspecified atom stereocenters. The number of aliphatic hydroxyl groups is 5. The van der Waals surface area contributed by atoms with Gasteiger partial charge in [0.25, 0.3) is 0 Å². The third-order valence-electron chi connectivity index (χ3n) is 11.5. The Morgan fingerprint density at radius 2 is 1.19 bits per heavy atom. The molecule has 0 aliphatic carbocycles. The molecule has 53 heavy (non-hydrogen) atoms. The van der Waals surface area contributed by atoms with Gasteiger partial charge in [-0.15, -0.1) is 0 Å². The first-order valence-electron chi connectivity index (χ1n) is 21.7. The fourth-order valence-electron chi connectivity index (χ4n) is 7.86. The number of aliphatic hydroxyl groups excluding tert-OH is 5. The van der Waals surface area contributed by atoms with Gasteiger partial charge in [-0.05, 0) is 44.7 Å². The number of hydrogen-bond donors (Lipinski definition) is 7. The van der Waals surface area contributed by atoms with E-state index in [1.165, 1.54) is 96.3 Å². The third kappa shape index (κ3) is 21.5. The zero-order valence-electron chi connectivity index (χ0n) is 33.1. The van der Waals surface area contributed by atoms with Crippen molar-refractivity contribution in [3.05, 3.63) is 0 Å². The molecule has 2 saturated heterocycles. The van der Waals surface area contributed by atoms with Crippen molar-refractivity contribution in [3.63, 3.8) is 0 Å². The van der Waals surface area contributed by atoms with E-state index in [-0.39, 0.29) is 12.8 Å². The van der Waals surface area contributed by atoms with Gasteiger partial charge in [-0.2, -0.15) is 13.2 Å². The molecule has 0 saturated carbocycles. The van der Waals surface area contributed by atoms with E-state index in [0.717, 1.165) is 57.5 Å². The highest BCUT2D eigenvalue weighted by Crippen LogP contribution is 2.28. The SMILES string of the molecule is CCCCCCCCCCCCCCC[C@@H](O)[C@H](COC1OC(CO)C(O)C(O)C1O)NC(CCCCCCCCCCC1CCNCC1)C(F)(F)F. The molecule has 9 nitrogen and oxygen atoms in total. The van der Waals surface area contributed by atoms with E-state index >= 15 is 0 Å². The van der Waals surface area contributed by atoms with Crippen LogP contribution >= 0.6 is 0 Å². The summed E-state index contributed by atoms with van der Waals surface area (Å²) in [6.07, 6.45) is 13.6. The van der Waals surface area contributed by atoms with Gasteiger partial charge in [0.1, 0.15) is 30.5 Å². The number of alkyl halides is 3. The highest BCUT2D eigenvalue weighted by molar-refractivity contribution is 4.90. The Hall–Kier alpha value is -0.570. The van der Waals surface area contributed by atoms with Crippen LogP contribution in [0.15, 0.2) is 0 Å². The normalized spacial score (nSPS) is 24.7. The first-order valence-corrected chi connectivity index (χ1v) is 21.7. The first kappa shape index (κ1) is 48.6. The molecule has 0 aromatic carbocycles. The Morgan fingerprint density at radius 3 is 1.70 bits per heavy atom. The Labute approximate surface area is 319 Å². The number of rotatable bonds is 32. The maximum Gasteiger partial charge on any atom is 0.403 e. The van der Waals surface area contributed by atoms with E-state index in [1.807, 2.05) is 0 Å². The molecule has 12 heteroatoms. The lowest BCUT2D eigenvalue weighted by atomic mass is 9.92. The molecule has 0 bridgehead atoms. The number of hydrogen-bond acceptors (Lipinski definition) is 9. The van der Waals surface area contributed by atoms with E-state index in [2.05, 4.69) is 17.6 Å². The maximum absolute atomic E-state index is 14.3. The quantitative estimate of drug-likeness (QED) is 0.0348. The number of ether oxygens (including phenoxy) is 2. The third-order valence-corrected chi connectivity index (χ3v) is 11.5. The van der Waals surface area contributed by atoms with Gasteiger partial charge in [0.2, 0.25) is 0 Å². The lowest BCUT2D eigenvalue weighted by Crippen LogP contribution is -2.60. The summed E-state index contributed by atoms with van der Waals surface area (Å²) in [5.41, 5.74) is 0. The summed E-state index contributed by atoms with van der Waals surface area (Å²) in [4.78, 5) is 0. The highest BCUT2D eigenvalue weighted by atomic mass is 19.4. The van der Waals surface area contributed by atoms with Crippen LogP contribution in [0.3, 0.4) is 0 Å². The van der Waals surface area contributed by atoms with Gasteiger partial charge in [-0.1, -0.05) is 148 Å². The van der Waals surface area contributed by atoms with E-state index in [9.17, 15) is 38.7 Å². The van der Waals surface area contributed by atoms with Crippen molar-refractivity contribution in [1.29, 1.82) is 0 Å². The van der Waals surface area contributed by atoms with E-state index in [1.54, 1.807) is 0 Å². The minimum Gasteiger partial charge on any atom is -0.394 e. The van der Waals surface area contributed by atoms with Gasteiger partial charge < -0.3 is 40.3 Å². The van der Waals surface area contributed by atoms with Crippen LogP contribution in [0.4, 0.5) is 13.2 Å². The first-order chi connectivity index (χ1) is 25.6. The van der Waals surface area contributed by atoms with Crippen molar-refractivity contribution in [2.24, 2.45) is 5.92 Å². The Kier molecular flexibility index (Phi) is 27.2. The fraction of sp³-hybridized carbons (Fsp3) is 1.00. The lowest BCUT2D eigenvalue weighted by molar-refractivity contribution is -0.303. The van der Waals surface area contributed by atoms with Gasteiger partial charge >= 0.3 is 6.18 Å². The van der Waals surface area contributed by atoms with Crippen molar-refractivity contribution >= 4 is 0 Å². The van der Waals surface area contributed by atoms with Gasteiger partial charge in [0, 0.05) is 0 Å². The summed E-state index contributed by atoms with van der Waals surface area (Å²) in [7, 11) is 0. The van der Waals surface area contributed by atoms with E-state index in [4.69, 9.17) is 9.47 Å². The molecule has 0 amide bonds. The molecule has 2 aliphatic rings. The largest absolute Gasteiger partial charge is 0.403 e. The smallest absolute Gasteiger partial charge is 0.394 e. The molecule has 2 fully saturated rings. The number of unbranched alkanes of at least 4 members (excludes halogenated alkanes) is 19. The molecular formula is C41H79F3N2O7. The predicted octanol–water partition coefficient (Wildman–Crippen LogP) is 7.43. The molecule has 2 rings (SSSR count). The number of nitrogens with one attached hydrogen (secondary N) is 2. The van der Waals surface area contributed by atoms with Crippen molar-refractivity contribution in [2.45, 2.75) is 229 Å². The second-order valence-corrected chi connectivity index (χ2v) is 16.1. The van der Waals surface area contributed by atoms with E-state index < -0.39 is 68.3 Å². The Balaban J connectivity index is 1.79. The molecule has 0 spiro atoms. The molecular weight excluding hydrogens is 689 g/mol. The highest BCUT2D eigenvalue weighted by Gasteiger charge is 2.45. The lowest BCUT2D eigenvalue weighted by Gasteiger charge is -2.40. The van der Waals surface area contributed by atoms with Crippen molar-refractivity contribution < 1.29 is 48.2 Å². The van der Waals surface area contributed by atoms with Crippen LogP contribution in [0.2, 0.25) is 0 Å². The van der Waals surface area contributed by atoms with E-state index in [0.29, 0.717) is 19.3 Å². The average molecular weight is 769 g/mol. The topological polar surface area (TPSA) is 144 Å². The van der Waals surface area contributed by atoms with Crippen LogP contribution in [-0.4, -0.2) is 107 Å². The minimum absolute atomic E-state index is 0.123. The molecule has 2 aliphatic heterocycles. The van der Waals surface area contributed by atoms with Crippen molar-refractivity contribution in [1.82, 2.24) is 10.6 Å². The molecule has 0 aromatic heterocycles. The summed E-state index contributed by atoms with van der Waals surface area (Å²) in [5.74, 6) is 0.852. The minimum atomic E-state index is -4.54. The molecule has 316 valence electrons. The van der Waals surface area contributed by atoms with Gasteiger partial charge in [-0.25, -0.2) is 0 Å². The molecule has 0 aromatic rings. The standard InChI is InChI=1S/C41H79F3N2O7/c1-2-3-4-5-6-7-8-9-10-11-15-18-21-24-34(48)33(31-52-40-39(51)38(50)37(49)35(30-47)53-40)46-36(41(42,43)44)25-22-19-16-13-12-14-17-20-23-32-26-28-45-29-27-32/h32-40,45-51H,2-31H2,1H3/t33-,34+,35?,36?,37?,38?,39?,40?/m0/s1. The van der Waals surface area contributed by atoms with Crippen molar-refractivity contribution in [3.8, 4) is 0 Å². The monoisotopic (exact) mass is 769 g/mol. The summed E-state index contributed by atoms with van der Waals surface area (Å²) >= 11 is 0. The van der Waals surface area contributed by atoms with Crippen LogP contribution in [-0.2, 0) is 9.47 Å². The number of halogens is 3. The predicted molar refractivity (Wildman–Crippen MR) is 205 cm³/mol.